The van der Waals surface area contributed by atoms with Crippen molar-refractivity contribution in [2.24, 2.45) is 11.3 Å². The Morgan fingerprint density at radius 3 is 2.23 bits per heavy atom. The SMILES string of the molecule is CN(C)c1ccc(C(=O)N2C[C@H]3CN(S(C)(=O)=O)C[C@@]3(C(=O)O)C2)cc1. The molecule has 2 aliphatic rings. The quantitative estimate of drug-likeness (QED) is 0.798. The first kappa shape index (κ1) is 18.7. The normalized spacial score (nSPS) is 26.0. The minimum absolute atomic E-state index is 0.0211. The maximum absolute atomic E-state index is 12.8. The molecule has 142 valence electrons. The van der Waals surface area contributed by atoms with E-state index in [2.05, 4.69) is 0 Å². The van der Waals surface area contributed by atoms with Crippen molar-refractivity contribution in [2.45, 2.75) is 0 Å². The van der Waals surface area contributed by atoms with E-state index >= 15 is 0 Å². The molecule has 1 aromatic carbocycles. The van der Waals surface area contributed by atoms with Crippen LogP contribution in [0.15, 0.2) is 24.3 Å². The molecule has 0 unspecified atom stereocenters. The largest absolute Gasteiger partial charge is 0.481 e. The van der Waals surface area contributed by atoms with E-state index in [9.17, 15) is 23.1 Å². The van der Waals surface area contributed by atoms with Crippen molar-refractivity contribution in [1.82, 2.24) is 9.21 Å². The molecule has 1 amide bonds. The van der Waals surface area contributed by atoms with Crippen molar-refractivity contribution < 1.29 is 23.1 Å². The maximum Gasteiger partial charge on any atom is 0.313 e. The van der Waals surface area contributed by atoms with E-state index in [0.29, 0.717) is 5.56 Å². The monoisotopic (exact) mass is 381 g/mol. The first-order chi connectivity index (χ1) is 12.0. The Morgan fingerprint density at radius 2 is 1.77 bits per heavy atom. The second-order valence-electron chi connectivity index (χ2n) is 7.34. The van der Waals surface area contributed by atoms with Gasteiger partial charge in [-0.1, -0.05) is 0 Å². The third kappa shape index (κ3) is 3.05. The van der Waals surface area contributed by atoms with E-state index in [0.717, 1.165) is 11.9 Å². The second kappa shape index (κ2) is 6.24. The molecule has 2 atom stereocenters. The molecule has 26 heavy (non-hydrogen) atoms. The number of benzene rings is 1. The van der Waals surface area contributed by atoms with Gasteiger partial charge in [-0.15, -0.1) is 0 Å². The summed E-state index contributed by atoms with van der Waals surface area (Å²) in [6, 6.07) is 7.12. The molecule has 3 rings (SSSR count). The molecule has 9 heteroatoms. The highest BCUT2D eigenvalue weighted by atomic mass is 32.2. The Balaban J connectivity index is 1.81. The number of carboxylic acids is 1. The topological polar surface area (TPSA) is 98.2 Å². The molecular weight excluding hydrogens is 358 g/mol. The van der Waals surface area contributed by atoms with Crippen LogP contribution in [-0.2, 0) is 14.8 Å². The van der Waals surface area contributed by atoms with Crippen LogP contribution >= 0.6 is 0 Å². The molecule has 0 aromatic heterocycles. The van der Waals surface area contributed by atoms with Gasteiger partial charge in [-0.2, -0.15) is 0 Å². The number of aliphatic carboxylic acids is 1. The molecule has 0 spiro atoms. The lowest BCUT2D eigenvalue weighted by molar-refractivity contribution is -0.148. The minimum Gasteiger partial charge on any atom is -0.481 e. The highest BCUT2D eigenvalue weighted by Crippen LogP contribution is 2.44. The van der Waals surface area contributed by atoms with E-state index < -0.39 is 27.3 Å². The van der Waals surface area contributed by atoms with Gasteiger partial charge >= 0.3 is 5.97 Å². The Morgan fingerprint density at radius 1 is 1.15 bits per heavy atom. The predicted octanol–water partition coefficient (Wildman–Crippen LogP) is 0.171. The maximum atomic E-state index is 12.8. The Kier molecular flexibility index (Phi) is 4.48. The lowest BCUT2D eigenvalue weighted by Gasteiger charge is -2.24. The molecule has 2 heterocycles. The Hall–Kier alpha value is -2.13. The van der Waals surface area contributed by atoms with Crippen LogP contribution in [0.1, 0.15) is 10.4 Å². The zero-order chi connectivity index (χ0) is 19.3. The first-order valence-electron chi connectivity index (χ1n) is 8.30. The van der Waals surface area contributed by atoms with Gasteiger partial charge < -0.3 is 14.9 Å². The number of carbonyl (C=O) groups is 2. The number of hydrogen-bond acceptors (Lipinski definition) is 5. The second-order valence-corrected chi connectivity index (χ2v) is 9.32. The number of amides is 1. The number of sulfonamides is 1. The number of carboxylic acid groups (broad SMARTS) is 1. The number of anilines is 1. The van der Waals surface area contributed by atoms with Gasteiger partial charge in [0, 0.05) is 57.4 Å². The molecule has 0 saturated carbocycles. The molecule has 1 aromatic rings. The minimum atomic E-state index is -3.46. The lowest BCUT2D eigenvalue weighted by atomic mass is 9.81. The number of carbonyl (C=O) groups excluding carboxylic acids is 1. The van der Waals surface area contributed by atoms with Crippen molar-refractivity contribution in [3.8, 4) is 0 Å². The van der Waals surface area contributed by atoms with E-state index in [4.69, 9.17) is 0 Å². The van der Waals surface area contributed by atoms with Gasteiger partial charge in [0.05, 0.1) is 6.26 Å². The smallest absolute Gasteiger partial charge is 0.313 e. The van der Waals surface area contributed by atoms with Crippen molar-refractivity contribution in [1.29, 1.82) is 0 Å². The van der Waals surface area contributed by atoms with Gasteiger partial charge in [0.25, 0.3) is 5.91 Å². The molecule has 2 saturated heterocycles. The van der Waals surface area contributed by atoms with Crippen molar-refractivity contribution in [2.75, 3.05) is 51.4 Å². The molecule has 8 nitrogen and oxygen atoms in total. The first-order valence-corrected chi connectivity index (χ1v) is 10.1. The summed E-state index contributed by atoms with van der Waals surface area (Å²) in [6.45, 7) is 0.309. The Labute approximate surface area is 153 Å². The molecule has 0 radical (unpaired) electrons. The molecule has 0 bridgehead atoms. The third-order valence-electron chi connectivity index (χ3n) is 5.39. The number of rotatable bonds is 4. The van der Waals surface area contributed by atoms with Crippen LogP contribution in [0.4, 0.5) is 5.69 Å². The average Bonchev–Trinajstić information content (AvgIpc) is 3.09. The van der Waals surface area contributed by atoms with Crippen LogP contribution in [0.5, 0.6) is 0 Å². The summed E-state index contributed by atoms with van der Waals surface area (Å²) in [7, 11) is 0.354. The number of fused-ring (bicyclic) bond motifs is 1. The molecule has 0 aliphatic carbocycles. The zero-order valence-corrected chi connectivity index (χ0v) is 15.9. The highest BCUT2D eigenvalue weighted by Gasteiger charge is 2.60. The summed E-state index contributed by atoms with van der Waals surface area (Å²) in [6.07, 6.45) is 1.08. The molecule has 2 aliphatic heterocycles. The van der Waals surface area contributed by atoms with Crippen LogP contribution in [-0.4, -0.2) is 81.1 Å². The summed E-state index contributed by atoms with van der Waals surface area (Å²) in [5, 5.41) is 9.76. The van der Waals surface area contributed by atoms with Crippen molar-refractivity contribution in [3.63, 3.8) is 0 Å². The van der Waals surface area contributed by atoms with Gasteiger partial charge in [0.2, 0.25) is 10.0 Å². The summed E-state index contributed by atoms with van der Waals surface area (Å²) in [4.78, 5) is 28.2. The molecule has 1 N–H and O–H groups in total. The van der Waals surface area contributed by atoms with Gasteiger partial charge in [-0.3, -0.25) is 9.59 Å². The standard InChI is InChI=1S/C17H23N3O5S/c1-18(2)14-6-4-12(5-7-14)15(21)19-8-13-9-20(26(3,24)25)11-17(13,10-19)16(22)23/h4-7,13H,8-11H2,1-3H3,(H,22,23)/t13-,17-/m0/s1. The van der Waals surface area contributed by atoms with Crippen LogP contribution in [0.25, 0.3) is 0 Å². The predicted molar refractivity (Wildman–Crippen MR) is 96.6 cm³/mol. The summed E-state index contributed by atoms with van der Waals surface area (Å²) < 4.78 is 24.8. The summed E-state index contributed by atoms with van der Waals surface area (Å²) in [5.74, 6) is -1.68. The van der Waals surface area contributed by atoms with E-state index in [1.807, 2.05) is 31.1 Å². The fourth-order valence-corrected chi connectivity index (χ4v) is 4.73. The highest BCUT2D eigenvalue weighted by molar-refractivity contribution is 7.88. The summed E-state index contributed by atoms with van der Waals surface area (Å²) in [5.41, 5.74) is 0.226. The van der Waals surface area contributed by atoms with Gasteiger partial charge in [-0.25, -0.2) is 12.7 Å². The molecular formula is C17H23N3O5S. The van der Waals surface area contributed by atoms with Crippen LogP contribution in [0.2, 0.25) is 0 Å². The van der Waals surface area contributed by atoms with E-state index in [1.165, 1.54) is 9.21 Å². The van der Waals surface area contributed by atoms with Crippen molar-refractivity contribution >= 4 is 27.6 Å². The van der Waals surface area contributed by atoms with E-state index in [1.54, 1.807) is 12.1 Å². The fraction of sp³-hybridized carbons (Fsp3) is 0.529. The van der Waals surface area contributed by atoms with Gasteiger partial charge in [0.1, 0.15) is 5.41 Å². The fourth-order valence-electron chi connectivity index (χ4n) is 3.81. The number of nitrogens with zero attached hydrogens (tertiary/aromatic N) is 3. The van der Waals surface area contributed by atoms with Crippen LogP contribution in [0.3, 0.4) is 0 Å². The zero-order valence-electron chi connectivity index (χ0n) is 15.0. The number of hydrogen-bond donors (Lipinski definition) is 1. The van der Waals surface area contributed by atoms with Crippen molar-refractivity contribution in [3.05, 3.63) is 29.8 Å². The van der Waals surface area contributed by atoms with E-state index in [-0.39, 0.29) is 32.1 Å². The average molecular weight is 381 g/mol. The van der Waals surface area contributed by atoms with Crippen LogP contribution in [0, 0.1) is 11.3 Å². The lowest BCUT2D eigenvalue weighted by Crippen LogP contribution is -2.42. The van der Waals surface area contributed by atoms with Gasteiger partial charge in [0.15, 0.2) is 0 Å². The molecule has 2 fully saturated rings. The third-order valence-corrected chi connectivity index (χ3v) is 6.61. The van der Waals surface area contributed by atoms with Crippen LogP contribution < -0.4 is 4.90 Å². The Bertz CT molecular complexity index is 836. The number of likely N-dealkylation sites (tertiary alicyclic amines) is 1. The van der Waals surface area contributed by atoms with Gasteiger partial charge in [-0.05, 0) is 24.3 Å². The summed E-state index contributed by atoms with van der Waals surface area (Å²) >= 11 is 0.